The van der Waals surface area contributed by atoms with E-state index in [0.717, 1.165) is 61.8 Å². The summed E-state index contributed by atoms with van der Waals surface area (Å²) in [7, 11) is 11.4. The van der Waals surface area contributed by atoms with Crippen LogP contribution in [0.1, 0.15) is 103 Å². The van der Waals surface area contributed by atoms with Gasteiger partial charge in [-0.25, -0.2) is 24.9 Å². The minimum Gasteiger partial charge on any atom is -0.449 e. The summed E-state index contributed by atoms with van der Waals surface area (Å²) in [6.45, 7) is 34.4. The van der Waals surface area contributed by atoms with Crippen LogP contribution in [0.2, 0.25) is 0 Å². The molecule has 0 aliphatic carbocycles. The number of aliphatic imine (C=N–C) groups is 1. The second-order valence-electron chi connectivity index (χ2n) is 18.4. The van der Waals surface area contributed by atoms with Crippen molar-refractivity contribution in [1.82, 2.24) is 94.1 Å². The summed E-state index contributed by atoms with van der Waals surface area (Å²) in [5, 5.41) is 37.3. The lowest BCUT2D eigenvalue weighted by atomic mass is 10.4. The number of oxazole rings is 2. The fourth-order valence-corrected chi connectivity index (χ4v) is 6.98. The van der Waals surface area contributed by atoms with Crippen LogP contribution in [0.15, 0.2) is 107 Å². The van der Waals surface area contributed by atoms with E-state index >= 15 is 0 Å². The van der Waals surface area contributed by atoms with Crippen LogP contribution in [0.25, 0.3) is 0 Å². The predicted molar refractivity (Wildman–Crippen MR) is 327 cm³/mol. The molecule has 1 aliphatic heterocycles. The number of aryl methyl sites for hydroxylation is 22. The maximum atomic E-state index is 4.85. The molecular formula is C56H87N22O4S2+. The molecule has 0 amide bonds. The Bertz CT molecular complexity index is 2570. The number of azo groups is 2. The summed E-state index contributed by atoms with van der Waals surface area (Å²) in [5.41, 5.74) is 8.70. The normalized spacial score (nSPS) is 11.0. The van der Waals surface area contributed by atoms with Gasteiger partial charge in [-0.2, -0.15) is 35.5 Å². The lowest BCUT2D eigenvalue weighted by molar-refractivity contribution is -0.436. The van der Waals surface area contributed by atoms with Gasteiger partial charge in [0, 0.05) is 117 Å². The van der Waals surface area contributed by atoms with Gasteiger partial charge in [-0.15, -0.1) is 27.4 Å². The van der Waals surface area contributed by atoms with Crippen LogP contribution in [0, 0.1) is 118 Å². The summed E-state index contributed by atoms with van der Waals surface area (Å²) in [6.07, 6.45) is 18.3. The summed E-state index contributed by atoms with van der Waals surface area (Å²) in [5.74, 6) is 4.92. The van der Waals surface area contributed by atoms with Gasteiger partial charge in [-0.1, -0.05) is 20.4 Å². The van der Waals surface area contributed by atoms with E-state index in [1.54, 1.807) is 104 Å². The predicted octanol–water partition coefficient (Wildman–Crippen LogP) is 11.0. The molecule has 0 N–H and O–H groups in total. The first-order valence-electron chi connectivity index (χ1n) is 26.2. The lowest BCUT2D eigenvalue weighted by Crippen LogP contribution is -1.92. The van der Waals surface area contributed by atoms with Crippen molar-refractivity contribution in [2.45, 2.75) is 131 Å². The zero-order valence-electron chi connectivity index (χ0n) is 53.4. The topological polar surface area (TPSA) is 285 Å². The molecule has 0 saturated carbocycles. The van der Waals surface area contributed by atoms with Gasteiger partial charge in [0.05, 0.1) is 45.2 Å². The van der Waals surface area contributed by atoms with Crippen molar-refractivity contribution in [3.8, 4) is 0 Å². The van der Waals surface area contributed by atoms with Gasteiger partial charge in [0.15, 0.2) is 23.4 Å². The molecule has 0 radical (unpaired) electrons. The summed E-state index contributed by atoms with van der Waals surface area (Å²) >= 11 is 3.39. The van der Waals surface area contributed by atoms with E-state index in [-0.39, 0.29) is 6.17 Å². The molecule has 1 atom stereocenters. The van der Waals surface area contributed by atoms with Gasteiger partial charge in [-0.3, -0.25) is 23.4 Å². The molecule has 84 heavy (non-hydrogen) atoms. The zero-order valence-corrected chi connectivity index (χ0v) is 55.1. The lowest BCUT2D eigenvalue weighted by Gasteiger charge is -1.79. The van der Waals surface area contributed by atoms with Crippen molar-refractivity contribution < 1.29 is 22.6 Å². The third-order valence-corrected chi connectivity index (χ3v) is 10.9. The van der Waals surface area contributed by atoms with E-state index in [2.05, 4.69) is 101 Å². The Balaban J connectivity index is 0.000000458. The van der Waals surface area contributed by atoms with Crippen molar-refractivity contribution in [2.75, 3.05) is 7.05 Å². The number of rotatable bonds is 0. The summed E-state index contributed by atoms with van der Waals surface area (Å²) < 4.78 is 29.4. The van der Waals surface area contributed by atoms with Crippen molar-refractivity contribution in [2.24, 2.45) is 45.3 Å². The molecule has 11 aromatic rings. The molecule has 11 aromatic heterocycles. The third-order valence-electron chi connectivity index (χ3n) is 9.07. The highest BCUT2D eigenvalue weighted by Gasteiger charge is 2.09. The van der Waals surface area contributed by atoms with Gasteiger partial charge < -0.3 is 17.9 Å². The van der Waals surface area contributed by atoms with Gasteiger partial charge in [0.1, 0.15) is 31.7 Å². The van der Waals surface area contributed by atoms with Crippen LogP contribution >= 0.6 is 22.7 Å². The van der Waals surface area contributed by atoms with Crippen LogP contribution in [0.5, 0.6) is 0 Å². The average Bonchev–Trinajstić information content (AvgIpc) is 4.22. The van der Waals surface area contributed by atoms with Gasteiger partial charge >= 0.3 is 6.34 Å². The van der Waals surface area contributed by atoms with Gasteiger partial charge in [0.25, 0.3) is 6.17 Å². The molecule has 1 aliphatic rings. The molecule has 0 unspecified atom stereocenters. The van der Waals surface area contributed by atoms with E-state index in [4.69, 9.17) is 8.83 Å². The Labute approximate surface area is 501 Å². The average molecular weight is 1200 g/mol. The summed E-state index contributed by atoms with van der Waals surface area (Å²) in [6, 6.07) is 3.94. The standard InChI is InChI=1S/4C5H8N2.2C5H7NO.2C5H7NS.C4H8N3.C4H7N3.2C4H6N2O/c2*1-5-3-6-7(2)4-5;2*1-5-3-4-7(2)6-5;4*1-4-3-7-5(2)6-4;2*1-4-5-3-7(2)6-4;2*1-3-5-4(2)7-6-3/h4*3-4H,1-2H3;4*3H,1-2H3;3-4H,1-2H3;3H,1-2H3;2*1-2H3/q;;;;;;;;+1;;;/t;;;;;;;;4-;;;/m........1.../s1. The molecule has 12 rings (SSSR count). The Morgan fingerprint density at radius 2 is 0.881 bits per heavy atom. The Morgan fingerprint density at radius 3 is 0.964 bits per heavy atom. The van der Waals surface area contributed by atoms with Crippen molar-refractivity contribution >= 4 is 29.0 Å². The minimum atomic E-state index is 0.144. The van der Waals surface area contributed by atoms with Gasteiger partial charge in [0.2, 0.25) is 11.8 Å². The highest BCUT2D eigenvalue weighted by Crippen LogP contribution is 2.06. The van der Waals surface area contributed by atoms with Crippen LogP contribution in [-0.2, 0) is 35.2 Å². The van der Waals surface area contributed by atoms with Crippen molar-refractivity contribution in [3.63, 3.8) is 0 Å². The molecule has 0 bridgehead atoms. The maximum Gasteiger partial charge on any atom is 0.302 e. The van der Waals surface area contributed by atoms with E-state index < -0.39 is 0 Å². The molecule has 26 nitrogen and oxygen atoms in total. The molecule has 28 heteroatoms. The number of nitrogens with zero attached hydrogens (tertiary/aromatic N) is 22. The number of aromatic nitrogens is 19. The van der Waals surface area contributed by atoms with Crippen LogP contribution in [0.4, 0.5) is 0 Å². The fourth-order valence-electron chi connectivity index (χ4n) is 5.80. The van der Waals surface area contributed by atoms with Crippen LogP contribution in [0.3, 0.4) is 0 Å². The van der Waals surface area contributed by atoms with E-state index in [0.29, 0.717) is 23.4 Å². The first kappa shape index (κ1) is 73.2. The molecule has 0 spiro atoms. The van der Waals surface area contributed by atoms with E-state index in [9.17, 15) is 0 Å². The highest BCUT2D eigenvalue weighted by atomic mass is 32.1. The first-order chi connectivity index (χ1) is 39.5. The molecule has 0 aromatic carbocycles. The Kier molecular flexibility index (Phi) is 35.2. The highest BCUT2D eigenvalue weighted by molar-refractivity contribution is 7.09. The van der Waals surface area contributed by atoms with E-state index in [1.807, 2.05) is 189 Å². The minimum absolute atomic E-state index is 0.144. The largest absolute Gasteiger partial charge is 0.449 e. The molecule has 0 saturated heterocycles. The number of hydrogen-bond donors (Lipinski definition) is 0. The monoisotopic (exact) mass is 1200 g/mol. The van der Waals surface area contributed by atoms with Crippen molar-refractivity contribution in [1.29, 1.82) is 0 Å². The van der Waals surface area contributed by atoms with Crippen molar-refractivity contribution in [3.05, 3.63) is 175 Å². The molecule has 456 valence electrons. The van der Waals surface area contributed by atoms with E-state index in [1.165, 1.54) is 11.1 Å². The first-order valence-corrected chi connectivity index (χ1v) is 27.9. The third kappa shape index (κ3) is 38.8. The second kappa shape index (κ2) is 40.4. The Hall–Kier alpha value is -8.79. The van der Waals surface area contributed by atoms with Gasteiger partial charge in [-0.05, 0) is 113 Å². The number of hydrogen-bond acceptors (Lipinski definition) is 22. The zero-order chi connectivity index (χ0) is 63.3. The second-order valence-corrected chi connectivity index (χ2v) is 20.6. The smallest absolute Gasteiger partial charge is 0.302 e. The van der Waals surface area contributed by atoms with Crippen LogP contribution in [-0.4, -0.2) is 118 Å². The fraction of sp³-hybridized carbons (Fsp3) is 0.446. The Morgan fingerprint density at radius 1 is 0.464 bits per heavy atom. The molecule has 12 heterocycles. The quantitative estimate of drug-likeness (QED) is 0.127. The maximum absolute atomic E-state index is 4.85. The molecule has 0 fully saturated rings. The number of thiazole rings is 2. The molecular weight excluding hydrogens is 1110 g/mol. The SMILES string of the molecule is C[C@@H]1N=C[N+](C)=N1.Cc1ccn(C)n1.Cc1ccn(C)n1.Cc1cnn(C)c1.Cc1cnn(C)c1.Cc1coc(C)n1.Cc1coc(C)n1.Cc1csc(C)n1.Cc1csc(C)n1.Cc1ncn(C)n1.Cc1noc(C)n1.Cc1noc(C)n1. The van der Waals surface area contributed by atoms with Crippen LogP contribution < -0.4 is 0 Å². The summed E-state index contributed by atoms with van der Waals surface area (Å²) in [4.78, 5) is 31.6.